The molecule has 0 fully saturated rings. The van der Waals surface area contributed by atoms with Gasteiger partial charge in [-0.15, -0.1) is 0 Å². The van der Waals surface area contributed by atoms with Crippen LogP contribution in [0.2, 0.25) is 0 Å². The molecule has 0 amide bonds. The molecule has 0 bridgehead atoms. The molecule has 0 spiro atoms. The van der Waals surface area contributed by atoms with Crippen molar-refractivity contribution < 1.29 is 0 Å². The molecule has 12 heavy (non-hydrogen) atoms. The molecule has 2 rings (SSSR count). The number of hydrogen-bond donors (Lipinski definition) is 0. The summed E-state index contributed by atoms with van der Waals surface area (Å²) < 4.78 is 0. The topological polar surface area (TPSA) is 0 Å². The molecule has 1 aliphatic heterocycles. The third-order valence-corrected chi connectivity index (χ3v) is 4.41. The van der Waals surface area contributed by atoms with Gasteiger partial charge in [0.2, 0.25) is 0 Å². The molecule has 1 aromatic carbocycles. The molecule has 1 aliphatic rings. The summed E-state index contributed by atoms with van der Waals surface area (Å²) in [6.45, 7) is 2.17. The maximum atomic E-state index is 2.39. The zero-order valence-electron chi connectivity index (χ0n) is 7.33. The van der Waals surface area contributed by atoms with Gasteiger partial charge >= 0.3 is 0 Å². The minimum atomic E-state index is 0.0630. The first-order valence-electron chi connectivity index (χ1n) is 4.36. The van der Waals surface area contributed by atoms with Gasteiger partial charge in [-0.05, 0) is 24.8 Å². The molecule has 0 radical (unpaired) electrons. The fourth-order valence-electron chi connectivity index (χ4n) is 1.51. The summed E-state index contributed by atoms with van der Waals surface area (Å²) in [6, 6.07) is 8.91. The van der Waals surface area contributed by atoms with Crippen LogP contribution in [-0.2, 0) is 0 Å². The quantitative estimate of drug-likeness (QED) is 0.577. The number of hydrogen-bond acceptors (Lipinski definition) is 0. The van der Waals surface area contributed by atoms with Crippen LogP contribution in [0.25, 0.3) is 0 Å². The van der Waals surface area contributed by atoms with E-state index in [1.165, 1.54) is 18.1 Å². The normalized spacial score (nSPS) is 21.6. The van der Waals surface area contributed by atoms with Crippen molar-refractivity contribution in [1.82, 2.24) is 0 Å². The van der Waals surface area contributed by atoms with E-state index in [-0.39, 0.29) is 7.92 Å². The second-order valence-corrected chi connectivity index (χ2v) is 5.41. The van der Waals surface area contributed by atoms with E-state index in [0.717, 1.165) is 0 Å². The van der Waals surface area contributed by atoms with Crippen LogP contribution in [0, 0.1) is 6.92 Å². The van der Waals surface area contributed by atoms with E-state index >= 15 is 0 Å². The Kier molecular flexibility index (Phi) is 2.28. The van der Waals surface area contributed by atoms with Crippen molar-refractivity contribution in [2.75, 3.05) is 6.16 Å². The Labute approximate surface area is 75.1 Å². The predicted octanol–water partition coefficient (Wildman–Crippen LogP) is 3.02. The molecule has 62 valence electrons. The molecule has 0 aromatic heterocycles. The predicted molar refractivity (Wildman–Crippen MR) is 56.4 cm³/mol. The smallest absolute Gasteiger partial charge is 0.0199 e. The van der Waals surface area contributed by atoms with Crippen molar-refractivity contribution in [3.8, 4) is 0 Å². The van der Waals surface area contributed by atoms with Crippen molar-refractivity contribution >= 4 is 13.2 Å². The fraction of sp³-hybridized carbons (Fsp3) is 0.273. The zero-order valence-corrected chi connectivity index (χ0v) is 8.22. The molecule has 0 saturated heterocycles. The van der Waals surface area contributed by atoms with Crippen LogP contribution in [0.3, 0.4) is 0 Å². The van der Waals surface area contributed by atoms with Crippen LogP contribution < -0.4 is 5.30 Å². The molecule has 1 heterocycles. The average molecular weight is 176 g/mol. The first-order valence-corrected chi connectivity index (χ1v) is 5.96. The van der Waals surface area contributed by atoms with Gasteiger partial charge in [-0.1, -0.05) is 49.6 Å². The lowest BCUT2D eigenvalue weighted by Crippen LogP contribution is -1.99. The molecule has 1 heteroatoms. The Morgan fingerprint density at radius 2 is 2.25 bits per heavy atom. The zero-order chi connectivity index (χ0) is 8.39. The molecule has 0 N–H and O–H groups in total. The van der Waals surface area contributed by atoms with E-state index in [1.807, 2.05) is 0 Å². The molecular weight excluding hydrogens is 163 g/mol. The summed E-state index contributed by atoms with van der Waals surface area (Å²) in [7, 11) is 0.0630. The van der Waals surface area contributed by atoms with Crippen LogP contribution in [0.5, 0.6) is 0 Å². The first kappa shape index (κ1) is 8.01. The standard InChI is InChI=1S/C11H13P/c1-10-5-4-6-11(9-10)12-7-2-3-8-12/h2,4-7,9H,3,8H2,1H3. The Morgan fingerprint density at radius 3 is 2.92 bits per heavy atom. The lowest BCUT2D eigenvalue weighted by atomic mass is 10.2. The highest BCUT2D eigenvalue weighted by atomic mass is 31.1. The summed E-state index contributed by atoms with van der Waals surface area (Å²) in [5.74, 6) is 2.39. The minimum Gasteiger partial charge on any atom is -0.0834 e. The van der Waals surface area contributed by atoms with Gasteiger partial charge in [-0.2, -0.15) is 0 Å². The molecule has 0 nitrogen and oxygen atoms in total. The van der Waals surface area contributed by atoms with Gasteiger partial charge in [-0.25, -0.2) is 0 Å². The maximum Gasteiger partial charge on any atom is -0.0199 e. The van der Waals surface area contributed by atoms with E-state index in [2.05, 4.69) is 43.1 Å². The lowest BCUT2D eigenvalue weighted by molar-refractivity contribution is 1.27. The van der Waals surface area contributed by atoms with Gasteiger partial charge in [0.1, 0.15) is 0 Å². The van der Waals surface area contributed by atoms with Crippen molar-refractivity contribution in [2.45, 2.75) is 13.3 Å². The van der Waals surface area contributed by atoms with Crippen LogP contribution in [0.4, 0.5) is 0 Å². The van der Waals surface area contributed by atoms with Crippen molar-refractivity contribution in [2.24, 2.45) is 0 Å². The molecule has 1 atom stereocenters. The Hall–Kier alpha value is -0.610. The summed E-state index contributed by atoms with van der Waals surface area (Å²) >= 11 is 0. The van der Waals surface area contributed by atoms with Gasteiger partial charge in [0, 0.05) is 0 Å². The van der Waals surface area contributed by atoms with Crippen LogP contribution in [0.1, 0.15) is 12.0 Å². The SMILES string of the molecule is Cc1cccc(P2C=CCC2)c1. The van der Waals surface area contributed by atoms with E-state index in [1.54, 1.807) is 5.30 Å². The molecule has 1 aromatic rings. The van der Waals surface area contributed by atoms with Crippen molar-refractivity contribution in [1.29, 1.82) is 0 Å². The van der Waals surface area contributed by atoms with Crippen molar-refractivity contribution in [3.05, 3.63) is 41.7 Å². The summed E-state index contributed by atoms with van der Waals surface area (Å²) in [5, 5.41) is 1.54. The number of aryl methyl sites for hydroxylation is 1. The third-order valence-electron chi connectivity index (χ3n) is 2.16. The van der Waals surface area contributed by atoms with Crippen LogP contribution in [0.15, 0.2) is 36.2 Å². The largest absolute Gasteiger partial charge is 0.0834 e. The van der Waals surface area contributed by atoms with Crippen molar-refractivity contribution in [3.63, 3.8) is 0 Å². The molecule has 0 aliphatic carbocycles. The van der Waals surface area contributed by atoms with E-state index in [0.29, 0.717) is 0 Å². The Morgan fingerprint density at radius 1 is 1.33 bits per heavy atom. The summed E-state index contributed by atoms with van der Waals surface area (Å²) in [4.78, 5) is 0. The number of allylic oxidation sites excluding steroid dienone is 1. The minimum absolute atomic E-state index is 0.0630. The van der Waals surface area contributed by atoms with Crippen LogP contribution >= 0.6 is 7.92 Å². The summed E-state index contributed by atoms with van der Waals surface area (Å²) in [6.07, 6.45) is 4.95. The number of rotatable bonds is 1. The lowest BCUT2D eigenvalue weighted by Gasteiger charge is -2.08. The van der Waals surface area contributed by atoms with Crippen LogP contribution in [-0.4, -0.2) is 6.16 Å². The maximum absolute atomic E-state index is 2.39. The van der Waals surface area contributed by atoms with Gasteiger partial charge in [-0.3, -0.25) is 0 Å². The molecule has 0 saturated carbocycles. The first-order chi connectivity index (χ1) is 5.86. The van der Waals surface area contributed by atoms with Gasteiger partial charge < -0.3 is 0 Å². The highest BCUT2D eigenvalue weighted by Gasteiger charge is 2.10. The highest BCUT2D eigenvalue weighted by molar-refractivity contribution is 7.68. The Balaban J connectivity index is 2.27. The van der Waals surface area contributed by atoms with Gasteiger partial charge in [0.15, 0.2) is 0 Å². The number of benzene rings is 1. The van der Waals surface area contributed by atoms with E-state index in [9.17, 15) is 0 Å². The van der Waals surface area contributed by atoms with Gasteiger partial charge in [0.05, 0.1) is 0 Å². The Bertz CT molecular complexity index is 302. The van der Waals surface area contributed by atoms with E-state index < -0.39 is 0 Å². The summed E-state index contributed by atoms with van der Waals surface area (Å²) in [5.41, 5.74) is 1.38. The third kappa shape index (κ3) is 1.59. The molecular formula is C11H13P. The fourth-order valence-corrected chi connectivity index (χ4v) is 3.57. The highest BCUT2D eigenvalue weighted by Crippen LogP contribution is 2.41. The second-order valence-electron chi connectivity index (χ2n) is 3.21. The monoisotopic (exact) mass is 176 g/mol. The van der Waals surface area contributed by atoms with E-state index in [4.69, 9.17) is 0 Å². The van der Waals surface area contributed by atoms with Gasteiger partial charge in [0.25, 0.3) is 0 Å². The average Bonchev–Trinajstić information content (AvgIpc) is 2.56. The molecule has 1 unspecified atom stereocenters. The second kappa shape index (κ2) is 3.41.